The predicted molar refractivity (Wildman–Crippen MR) is 71.1 cm³/mol. The molecule has 1 heterocycles. The second-order valence-electron chi connectivity index (χ2n) is 5.76. The number of likely N-dealkylation sites (N-methyl/N-ethyl adjacent to an activating group) is 1. The molecule has 3 heteroatoms. The Bertz CT molecular complexity index is 383. The molecule has 0 aromatic carbocycles. The summed E-state index contributed by atoms with van der Waals surface area (Å²) in [5.41, 5.74) is 2.47. The van der Waals surface area contributed by atoms with Crippen LogP contribution in [-0.2, 0) is 0 Å². The van der Waals surface area contributed by atoms with Gasteiger partial charge in [0, 0.05) is 11.7 Å². The van der Waals surface area contributed by atoms with Crippen molar-refractivity contribution < 1.29 is 0 Å². The monoisotopic (exact) mass is 235 g/mol. The van der Waals surface area contributed by atoms with E-state index >= 15 is 0 Å². The van der Waals surface area contributed by atoms with Crippen LogP contribution in [0.3, 0.4) is 0 Å². The number of nitrogens with zero attached hydrogens (tertiary/aromatic N) is 2. The van der Waals surface area contributed by atoms with E-state index in [4.69, 9.17) is 0 Å². The van der Waals surface area contributed by atoms with Gasteiger partial charge in [-0.25, -0.2) is 4.98 Å². The van der Waals surface area contributed by atoms with Gasteiger partial charge in [0.1, 0.15) is 0 Å². The van der Waals surface area contributed by atoms with E-state index in [1.807, 2.05) is 6.33 Å². The highest BCUT2D eigenvalue weighted by atomic mass is 15.1. The Kier molecular flexibility index (Phi) is 3.57. The van der Waals surface area contributed by atoms with Gasteiger partial charge < -0.3 is 9.88 Å². The zero-order valence-corrected chi connectivity index (χ0v) is 11.7. The van der Waals surface area contributed by atoms with Gasteiger partial charge in [0.2, 0.25) is 0 Å². The Balaban J connectivity index is 2.31. The Morgan fingerprint density at radius 3 is 2.53 bits per heavy atom. The lowest BCUT2D eigenvalue weighted by Gasteiger charge is -2.40. The zero-order valence-electron chi connectivity index (χ0n) is 11.7. The largest absolute Gasteiger partial charge is 0.330 e. The summed E-state index contributed by atoms with van der Waals surface area (Å²) in [6, 6.07) is 1.12. The van der Waals surface area contributed by atoms with E-state index < -0.39 is 0 Å². The van der Waals surface area contributed by atoms with Gasteiger partial charge in [0.15, 0.2) is 0 Å². The predicted octanol–water partition coefficient (Wildman–Crippen LogP) is 2.70. The first-order valence-corrected chi connectivity index (χ1v) is 6.71. The maximum absolute atomic E-state index is 4.45. The first-order valence-electron chi connectivity index (χ1n) is 6.71. The maximum Gasteiger partial charge on any atom is 0.0954 e. The molecule has 0 spiro atoms. The second kappa shape index (κ2) is 4.81. The fourth-order valence-electron chi connectivity index (χ4n) is 3.41. The fraction of sp³-hybridized carbons (Fsp3) is 0.786. The van der Waals surface area contributed by atoms with E-state index in [-0.39, 0.29) is 0 Å². The normalized spacial score (nSPS) is 33.9. The first kappa shape index (κ1) is 12.6. The third-order valence-electron chi connectivity index (χ3n) is 4.40. The highest BCUT2D eigenvalue weighted by Gasteiger charge is 2.34. The summed E-state index contributed by atoms with van der Waals surface area (Å²) in [5, 5.41) is 3.50. The summed E-state index contributed by atoms with van der Waals surface area (Å²) >= 11 is 0. The number of hydrogen-bond acceptors (Lipinski definition) is 2. The number of hydrogen-bond donors (Lipinski definition) is 1. The minimum atomic E-state index is 0.553. The molecular formula is C14H25N3. The van der Waals surface area contributed by atoms with Gasteiger partial charge in [-0.3, -0.25) is 0 Å². The maximum atomic E-state index is 4.45. The minimum Gasteiger partial charge on any atom is -0.330 e. The molecule has 0 radical (unpaired) electrons. The highest BCUT2D eigenvalue weighted by Crippen LogP contribution is 2.37. The van der Waals surface area contributed by atoms with Crippen molar-refractivity contribution in [3.63, 3.8) is 0 Å². The number of rotatable bonds is 2. The third kappa shape index (κ3) is 2.25. The Morgan fingerprint density at radius 2 is 2.00 bits per heavy atom. The average Bonchev–Trinajstić information content (AvgIpc) is 2.59. The number of nitrogens with one attached hydrogen (secondary N) is 1. The molecule has 2 rings (SSSR count). The average molecular weight is 235 g/mol. The molecule has 17 heavy (non-hydrogen) atoms. The molecule has 1 aromatic heterocycles. The number of imidazole rings is 1. The molecule has 0 saturated heterocycles. The van der Waals surface area contributed by atoms with E-state index in [9.17, 15) is 0 Å². The van der Waals surface area contributed by atoms with Gasteiger partial charge in [-0.1, -0.05) is 13.8 Å². The highest BCUT2D eigenvalue weighted by molar-refractivity contribution is 5.11. The SMILES string of the molecule is CNC1CC(C)CC(C)C1n1cnc(C)c1C. The van der Waals surface area contributed by atoms with E-state index in [0.29, 0.717) is 18.0 Å². The molecule has 96 valence electrons. The second-order valence-corrected chi connectivity index (χ2v) is 5.76. The number of aryl methyl sites for hydroxylation is 1. The van der Waals surface area contributed by atoms with Gasteiger partial charge in [-0.05, 0) is 45.6 Å². The lowest BCUT2D eigenvalue weighted by molar-refractivity contribution is 0.157. The van der Waals surface area contributed by atoms with Crippen LogP contribution in [0.25, 0.3) is 0 Å². The molecule has 1 aromatic rings. The standard InChI is InChI=1S/C14H25N3/c1-9-6-10(2)14(13(7-9)15-5)17-8-16-11(3)12(17)4/h8-10,13-15H,6-7H2,1-5H3. The van der Waals surface area contributed by atoms with Crippen molar-refractivity contribution in [3.8, 4) is 0 Å². The quantitative estimate of drug-likeness (QED) is 0.854. The van der Waals surface area contributed by atoms with Crippen LogP contribution in [0, 0.1) is 25.7 Å². The van der Waals surface area contributed by atoms with E-state index in [1.165, 1.54) is 18.5 Å². The van der Waals surface area contributed by atoms with E-state index in [1.54, 1.807) is 0 Å². The van der Waals surface area contributed by atoms with Crippen molar-refractivity contribution in [2.45, 2.75) is 52.6 Å². The van der Waals surface area contributed by atoms with Crippen LogP contribution < -0.4 is 5.32 Å². The van der Waals surface area contributed by atoms with Crippen molar-refractivity contribution >= 4 is 0 Å². The molecule has 1 fully saturated rings. The molecule has 1 aliphatic rings. The molecule has 0 amide bonds. The van der Waals surface area contributed by atoms with Crippen molar-refractivity contribution in [3.05, 3.63) is 17.7 Å². The summed E-state index contributed by atoms with van der Waals surface area (Å²) in [7, 11) is 2.08. The van der Waals surface area contributed by atoms with Crippen LogP contribution >= 0.6 is 0 Å². The summed E-state index contributed by atoms with van der Waals surface area (Å²) in [6.45, 7) is 9.01. The van der Waals surface area contributed by atoms with Crippen molar-refractivity contribution in [1.82, 2.24) is 14.9 Å². The lowest BCUT2D eigenvalue weighted by Crippen LogP contribution is -2.44. The van der Waals surface area contributed by atoms with Gasteiger partial charge >= 0.3 is 0 Å². The van der Waals surface area contributed by atoms with Crippen LogP contribution in [0.5, 0.6) is 0 Å². The van der Waals surface area contributed by atoms with Gasteiger partial charge in [0.25, 0.3) is 0 Å². The smallest absolute Gasteiger partial charge is 0.0954 e. The lowest BCUT2D eigenvalue weighted by atomic mass is 9.76. The molecular weight excluding hydrogens is 210 g/mol. The van der Waals surface area contributed by atoms with Crippen molar-refractivity contribution in [2.75, 3.05) is 7.05 Å². The Morgan fingerprint density at radius 1 is 1.29 bits per heavy atom. The van der Waals surface area contributed by atoms with E-state index in [2.05, 4.69) is 49.6 Å². The van der Waals surface area contributed by atoms with Gasteiger partial charge in [0.05, 0.1) is 18.1 Å². The molecule has 4 atom stereocenters. The zero-order chi connectivity index (χ0) is 12.6. The molecule has 1 saturated carbocycles. The molecule has 3 nitrogen and oxygen atoms in total. The first-order chi connectivity index (χ1) is 8.04. The van der Waals surface area contributed by atoms with Crippen LogP contribution in [0.1, 0.15) is 44.1 Å². The Hall–Kier alpha value is -0.830. The van der Waals surface area contributed by atoms with Gasteiger partial charge in [-0.2, -0.15) is 0 Å². The topological polar surface area (TPSA) is 29.9 Å². The molecule has 0 aliphatic heterocycles. The van der Waals surface area contributed by atoms with Gasteiger partial charge in [-0.15, -0.1) is 0 Å². The van der Waals surface area contributed by atoms with Crippen LogP contribution in [0.15, 0.2) is 6.33 Å². The molecule has 0 bridgehead atoms. The van der Waals surface area contributed by atoms with E-state index in [0.717, 1.165) is 11.6 Å². The summed E-state index contributed by atoms with van der Waals surface area (Å²) in [5.74, 6) is 1.53. The van der Waals surface area contributed by atoms with Crippen LogP contribution in [0.2, 0.25) is 0 Å². The minimum absolute atomic E-state index is 0.553. The van der Waals surface area contributed by atoms with Crippen LogP contribution in [-0.4, -0.2) is 22.6 Å². The molecule has 1 N–H and O–H groups in total. The molecule has 1 aliphatic carbocycles. The summed E-state index contributed by atoms with van der Waals surface area (Å²) < 4.78 is 2.38. The molecule has 4 unspecified atom stereocenters. The third-order valence-corrected chi connectivity index (χ3v) is 4.40. The summed E-state index contributed by atoms with van der Waals surface area (Å²) in [6.07, 6.45) is 4.61. The van der Waals surface area contributed by atoms with Crippen LogP contribution in [0.4, 0.5) is 0 Å². The fourth-order valence-corrected chi connectivity index (χ4v) is 3.41. The number of aromatic nitrogens is 2. The van der Waals surface area contributed by atoms with Crippen molar-refractivity contribution in [2.24, 2.45) is 11.8 Å². The van der Waals surface area contributed by atoms with Crippen molar-refractivity contribution in [1.29, 1.82) is 0 Å². The Labute approximate surface area is 105 Å². The summed E-state index contributed by atoms with van der Waals surface area (Å²) in [4.78, 5) is 4.45.